The molecular weight excluding hydrogens is 240 g/mol. The smallest absolute Gasteiger partial charge is 0.414 e. The number of piperidine rings is 2. The van der Waals surface area contributed by atoms with Crippen molar-refractivity contribution < 1.29 is 24.2 Å². The average Bonchev–Trinajstić information content (AvgIpc) is 2.83. The molecule has 0 aromatic carbocycles. The Morgan fingerprint density at radius 2 is 2.00 bits per heavy atom. The van der Waals surface area contributed by atoms with Crippen LogP contribution in [0.25, 0.3) is 0 Å². The molecule has 4 rings (SSSR count). The van der Waals surface area contributed by atoms with Gasteiger partial charge in [-0.25, -0.2) is 14.6 Å². The van der Waals surface area contributed by atoms with E-state index in [0.29, 0.717) is 5.41 Å². The maximum absolute atomic E-state index is 9.10. The maximum atomic E-state index is 9.10. The van der Waals surface area contributed by atoms with Crippen LogP contribution in [-0.2, 0) is 15.0 Å². The topological polar surface area (TPSA) is 104 Å². The molecule has 2 N–H and O–H groups in total. The minimum Gasteiger partial charge on any atom is -0.473 e. The monoisotopic (exact) mass is 254 g/mol. The van der Waals surface area contributed by atoms with Gasteiger partial charge in [0.15, 0.2) is 0 Å². The number of rotatable bonds is 1. The summed E-state index contributed by atoms with van der Waals surface area (Å²) in [5.74, 6) is -2.69. The van der Waals surface area contributed by atoms with Crippen molar-refractivity contribution in [3.8, 4) is 0 Å². The first-order valence-corrected chi connectivity index (χ1v) is 5.62. The van der Waals surface area contributed by atoms with E-state index in [1.807, 2.05) is 0 Å². The van der Waals surface area contributed by atoms with E-state index in [1.165, 1.54) is 19.4 Å². The van der Waals surface area contributed by atoms with Crippen LogP contribution in [0, 0.1) is 0 Å². The van der Waals surface area contributed by atoms with Crippen molar-refractivity contribution in [3.05, 3.63) is 18.4 Å². The number of fused-ring (bicyclic) bond motifs is 2. The quantitative estimate of drug-likeness (QED) is 0.689. The van der Waals surface area contributed by atoms with E-state index in [0.717, 1.165) is 19.0 Å². The third-order valence-corrected chi connectivity index (χ3v) is 3.25. The molecule has 7 nitrogen and oxygen atoms in total. The number of aromatic nitrogens is 1. The van der Waals surface area contributed by atoms with Gasteiger partial charge < -0.3 is 19.5 Å². The molecule has 0 amide bonds. The lowest BCUT2D eigenvalue weighted by molar-refractivity contribution is -0.159. The van der Waals surface area contributed by atoms with Crippen molar-refractivity contribution in [1.82, 2.24) is 9.88 Å². The number of oxazole rings is 1. The molecule has 2 bridgehead atoms. The molecule has 3 aliphatic heterocycles. The van der Waals surface area contributed by atoms with E-state index in [2.05, 4.69) is 9.88 Å². The van der Waals surface area contributed by atoms with Crippen LogP contribution in [0.15, 0.2) is 16.9 Å². The van der Waals surface area contributed by atoms with Gasteiger partial charge in [-0.2, -0.15) is 0 Å². The van der Waals surface area contributed by atoms with E-state index in [4.69, 9.17) is 24.2 Å². The molecule has 0 spiro atoms. The van der Waals surface area contributed by atoms with Crippen molar-refractivity contribution in [1.29, 1.82) is 0 Å². The van der Waals surface area contributed by atoms with Gasteiger partial charge in [-0.1, -0.05) is 0 Å². The van der Waals surface area contributed by atoms with Gasteiger partial charge in [0.1, 0.15) is 6.26 Å². The van der Waals surface area contributed by atoms with Gasteiger partial charge >= 0.3 is 11.9 Å². The first-order valence-electron chi connectivity index (χ1n) is 5.62. The molecule has 18 heavy (non-hydrogen) atoms. The van der Waals surface area contributed by atoms with Gasteiger partial charge in [-0.15, -0.1) is 0 Å². The maximum Gasteiger partial charge on any atom is 0.414 e. The number of aliphatic carboxylic acids is 2. The highest BCUT2D eigenvalue weighted by Gasteiger charge is 2.49. The van der Waals surface area contributed by atoms with Gasteiger partial charge in [0.25, 0.3) is 0 Å². The zero-order valence-electron chi connectivity index (χ0n) is 9.70. The van der Waals surface area contributed by atoms with Crippen LogP contribution < -0.4 is 0 Å². The fourth-order valence-corrected chi connectivity index (χ4v) is 2.49. The second-order valence-corrected chi connectivity index (χ2v) is 4.54. The Morgan fingerprint density at radius 1 is 1.33 bits per heavy atom. The van der Waals surface area contributed by atoms with E-state index < -0.39 is 11.9 Å². The van der Waals surface area contributed by atoms with Crippen molar-refractivity contribution >= 4 is 11.9 Å². The minimum atomic E-state index is -1.82. The summed E-state index contributed by atoms with van der Waals surface area (Å²) >= 11 is 0. The van der Waals surface area contributed by atoms with Crippen molar-refractivity contribution in [2.24, 2.45) is 0 Å². The van der Waals surface area contributed by atoms with Crippen LogP contribution in [0.4, 0.5) is 0 Å². The lowest BCUT2D eigenvalue weighted by Crippen LogP contribution is -2.63. The highest BCUT2D eigenvalue weighted by molar-refractivity contribution is 6.27. The number of carbonyl (C=O) groups is 2. The summed E-state index contributed by atoms with van der Waals surface area (Å²) in [5.41, 5.74) is 0.293. The fourth-order valence-electron chi connectivity index (χ4n) is 2.49. The Balaban J connectivity index is 0.000000174. The van der Waals surface area contributed by atoms with Crippen LogP contribution in [0.5, 0.6) is 0 Å². The molecule has 0 saturated carbocycles. The fraction of sp³-hybridized carbons (Fsp3) is 0.545. The van der Waals surface area contributed by atoms with E-state index in [1.54, 1.807) is 12.5 Å². The molecule has 1 aromatic heterocycles. The summed E-state index contributed by atoms with van der Waals surface area (Å²) in [7, 11) is 0. The summed E-state index contributed by atoms with van der Waals surface area (Å²) in [6.45, 7) is 3.59. The second-order valence-electron chi connectivity index (χ2n) is 4.54. The van der Waals surface area contributed by atoms with E-state index in [-0.39, 0.29) is 0 Å². The average molecular weight is 254 g/mol. The molecule has 3 saturated heterocycles. The molecule has 3 aliphatic rings. The number of hydrogen-bond donors (Lipinski definition) is 2. The van der Waals surface area contributed by atoms with Crippen LogP contribution in [-0.4, -0.2) is 51.7 Å². The summed E-state index contributed by atoms with van der Waals surface area (Å²) in [4.78, 5) is 24.9. The predicted octanol–water partition coefficient (Wildman–Crippen LogP) is 0.177. The van der Waals surface area contributed by atoms with Crippen LogP contribution in [0.3, 0.4) is 0 Å². The number of carboxylic acid groups (broad SMARTS) is 2. The van der Waals surface area contributed by atoms with E-state index >= 15 is 0 Å². The molecule has 7 heteroatoms. The Hall–Kier alpha value is -1.89. The van der Waals surface area contributed by atoms with Crippen LogP contribution in [0.1, 0.15) is 18.7 Å². The molecular formula is C11H14N2O5. The highest BCUT2D eigenvalue weighted by atomic mass is 16.4. The van der Waals surface area contributed by atoms with Crippen molar-refractivity contribution in [2.75, 3.05) is 19.6 Å². The van der Waals surface area contributed by atoms with Gasteiger partial charge in [-0.3, -0.25) is 0 Å². The number of nitrogens with zero attached hydrogens (tertiary/aromatic N) is 2. The summed E-state index contributed by atoms with van der Waals surface area (Å²) in [6.07, 6.45) is 5.98. The molecule has 0 atom stereocenters. The zero-order valence-corrected chi connectivity index (χ0v) is 9.70. The third kappa shape index (κ3) is 2.35. The SMILES string of the molecule is O=C(O)C(=O)O.c1coc(C23CCCN(C2)C3)n1. The van der Waals surface area contributed by atoms with Gasteiger partial charge in [0, 0.05) is 13.1 Å². The molecule has 3 fully saturated rings. The Bertz CT molecular complexity index is 419. The standard InChI is InChI=1S/C9H12N2O.C2H2O4/c1-2-9(6-11(4-1)7-9)8-10-3-5-12-8;3-1(4)2(5)6/h3,5H,1-2,4,6-7H2;(H,3,4)(H,5,6). The normalized spacial score (nSPS) is 28.6. The summed E-state index contributed by atoms with van der Waals surface area (Å²) in [6, 6.07) is 0. The van der Waals surface area contributed by atoms with Gasteiger partial charge in [0.05, 0.1) is 11.6 Å². The number of carboxylic acids is 2. The van der Waals surface area contributed by atoms with Gasteiger partial charge in [0.2, 0.25) is 5.89 Å². The third-order valence-electron chi connectivity index (χ3n) is 3.25. The molecule has 0 aliphatic carbocycles. The first-order chi connectivity index (χ1) is 8.53. The van der Waals surface area contributed by atoms with Crippen molar-refractivity contribution in [3.63, 3.8) is 0 Å². The lowest BCUT2D eigenvalue weighted by atomic mass is 9.72. The second kappa shape index (κ2) is 4.77. The lowest BCUT2D eigenvalue weighted by Gasteiger charge is -2.52. The predicted molar refractivity (Wildman–Crippen MR) is 59.1 cm³/mol. The molecule has 4 heterocycles. The van der Waals surface area contributed by atoms with Crippen molar-refractivity contribution in [2.45, 2.75) is 18.3 Å². The van der Waals surface area contributed by atoms with E-state index in [9.17, 15) is 0 Å². The zero-order chi connectivity index (χ0) is 13.2. The number of hydrogen-bond acceptors (Lipinski definition) is 5. The molecule has 0 radical (unpaired) electrons. The largest absolute Gasteiger partial charge is 0.473 e. The highest BCUT2D eigenvalue weighted by Crippen LogP contribution is 2.41. The Kier molecular flexibility index (Phi) is 3.33. The van der Waals surface area contributed by atoms with Crippen LogP contribution in [0.2, 0.25) is 0 Å². The summed E-state index contributed by atoms with van der Waals surface area (Å²) in [5, 5.41) is 14.8. The first kappa shape index (κ1) is 12.6. The Morgan fingerprint density at radius 3 is 2.39 bits per heavy atom. The molecule has 98 valence electrons. The van der Waals surface area contributed by atoms with Crippen LogP contribution >= 0.6 is 0 Å². The minimum absolute atomic E-state index is 0.293. The Labute approximate surface area is 103 Å². The molecule has 0 unspecified atom stereocenters. The summed E-state index contributed by atoms with van der Waals surface area (Å²) < 4.78 is 5.38. The molecule has 1 aromatic rings. The van der Waals surface area contributed by atoms with Gasteiger partial charge in [-0.05, 0) is 19.4 Å².